The lowest BCUT2D eigenvalue weighted by Crippen LogP contribution is -2.26. The van der Waals surface area contributed by atoms with Crippen LogP contribution in [0.4, 0.5) is 0 Å². The van der Waals surface area contributed by atoms with Gasteiger partial charge in [0.15, 0.2) is 6.10 Å². The standard InChI is InChI=1S/C26H35NO4/c1-4-6-7-8-9-10-11-12-21-17-18-27-24(19-21)22-13-15-23(16-14-22)26(29)31-20(3)25(28)30-5-2/h13-20H,4-12H2,1-3H3. The lowest BCUT2D eigenvalue weighted by molar-refractivity contribution is -0.152. The van der Waals surface area contributed by atoms with Gasteiger partial charge in [-0.1, -0.05) is 57.6 Å². The van der Waals surface area contributed by atoms with Gasteiger partial charge >= 0.3 is 11.9 Å². The highest BCUT2D eigenvalue weighted by Gasteiger charge is 2.19. The fourth-order valence-electron chi connectivity index (χ4n) is 3.39. The molecule has 1 heterocycles. The molecule has 5 heteroatoms. The first-order valence-corrected chi connectivity index (χ1v) is 11.5. The molecular weight excluding hydrogens is 390 g/mol. The van der Waals surface area contributed by atoms with Crippen molar-refractivity contribution in [1.29, 1.82) is 0 Å². The molecule has 1 atom stereocenters. The molecule has 168 valence electrons. The Morgan fingerprint density at radius 2 is 1.61 bits per heavy atom. The summed E-state index contributed by atoms with van der Waals surface area (Å²) in [4.78, 5) is 28.4. The van der Waals surface area contributed by atoms with Crippen molar-refractivity contribution in [3.8, 4) is 11.3 Å². The number of hydrogen-bond donors (Lipinski definition) is 0. The second-order valence-electron chi connectivity index (χ2n) is 7.80. The molecule has 0 bridgehead atoms. The van der Waals surface area contributed by atoms with Gasteiger partial charge in [-0.3, -0.25) is 4.98 Å². The Labute approximate surface area is 186 Å². The van der Waals surface area contributed by atoms with E-state index in [1.165, 1.54) is 57.4 Å². The lowest BCUT2D eigenvalue weighted by atomic mass is 10.0. The first-order valence-electron chi connectivity index (χ1n) is 11.5. The van der Waals surface area contributed by atoms with Crippen LogP contribution in [-0.2, 0) is 20.7 Å². The van der Waals surface area contributed by atoms with Gasteiger partial charge in [-0.15, -0.1) is 0 Å². The van der Waals surface area contributed by atoms with Gasteiger partial charge in [0.1, 0.15) is 0 Å². The molecule has 1 aromatic carbocycles. The molecule has 0 N–H and O–H groups in total. The van der Waals surface area contributed by atoms with Gasteiger partial charge in [0, 0.05) is 11.8 Å². The predicted molar refractivity (Wildman–Crippen MR) is 123 cm³/mol. The minimum atomic E-state index is -0.933. The summed E-state index contributed by atoms with van der Waals surface area (Å²) >= 11 is 0. The maximum atomic E-state index is 12.2. The number of carbonyl (C=O) groups is 2. The number of benzene rings is 1. The van der Waals surface area contributed by atoms with Crippen molar-refractivity contribution in [2.45, 2.75) is 78.2 Å². The van der Waals surface area contributed by atoms with Crippen molar-refractivity contribution in [3.63, 3.8) is 0 Å². The molecule has 5 nitrogen and oxygen atoms in total. The zero-order chi connectivity index (χ0) is 22.5. The Morgan fingerprint density at radius 1 is 0.935 bits per heavy atom. The predicted octanol–water partition coefficient (Wildman–Crippen LogP) is 6.15. The van der Waals surface area contributed by atoms with E-state index in [9.17, 15) is 9.59 Å². The molecule has 0 saturated heterocycles. The van der Waals surface area contributed by atoms with E-state index in [1.54, 1.807) is 19.1 Å². The summed E-state index contributed by atoms with van der Waals surface area (Å²) in [5, 5.41) is 0. The number of pyridine rings is 1. The van der Waals surface area contributed by atoms with Crippen LogP contribution >= 0.6 is 0 Å². The summed E-state index contributed by atoms with van der Waals surface area (Å²) in [6, 6.07) is 11.3. The van der Waals surface area contributed by atoms with E-state index in [-0.39, 0.29) is 6.61 Å². The molecule has 0 fully saturated rings. The monoisotopic (exact) mass is 425 g/mol. The van der Waals surface area contributed by atoms with Crippen LogP contribution < -0.4 is 0 Å². The molecule has 0 radical (unpaired) electrons. The molecule has 0 spiro atoms. The zero-order valence-electron chi connectivity index (χ0n) is 19.1. The van der Waals surface area contributed by atoms with Crippen LogP contribution in [0.15, 0.2) is 42.6 Å². The lowest BCUT2D eigenvalue weighted by Gasteiger charge is -2.12. The van der Waals surface area contributed by atoms with Crippen molar-refractivity contribution < 1.29 is 19.1 Å². The van der Waals surface area contributed by atoms with E-state index in [4.69, 9.17) is 9.47 Å². The maximum Gasteiger partial charge on any atom is 0.347 e. The maximum absolute atomic E-state index is 12.2. The van der Waals surface area contributed by atoms with Crippen LogP contribution in [0.1, 0.15) is 81.6 Å². The molecule has 2 rings (SSSR count). The van der Waals surface area contributed by atoms with E-state index in [1.807, 2.05) is 18.3 Å². The zero-order valence-corrected chi connectivity index (χ0v) is 19.1. The second kappa shape index (κ2) is 13.6. The summed E-state index contributed by atoms with van der Waals surface area (Å²) < 4.78 is 10.0. The van der Waals surface area contributed by atoms with Gasteiger partial charge in [-0.2, -0.15) is 0 Å². The van der Waals surface area contributed by atoms with E-state index in [0.717, 1.165) is 17.7 Å². The number of hydrogen-bond acceptors (Lipinski definition) is 5. The number of aromatic nitrogens is 1. The largest absolute Gasteiger partial charge is 0.463 e. The average Bonchev–Trinajstić information content (AvgIpc) is 2.79. The van der Waals surface area contributed by atoms with Crippen molar-refractivity contribution in [2.24, 2.45) is 0 Å². The van der Waals surface area contributed by atoms with E-state index >= 15 is 0 Å². The summed E-state index contributed by atoms with van der Waals surface area (Å²) in [5.74, 6) is -1.10. The first-order chi connectivity index (χ1) is 15.0. The van der Waals surface area contributed by atoms with E-state index in [2.05, 4.69) is 24.0 Å². The van der Waals surface area contributed by atoms with Crippen LogP contribution in [-0.4, -0.2) is 29.6 Å². The topological polar surface area (TPSA) is 65.5 Å². The van der Waals surface area contributed by atoms with Crippen molar-refractivity contribution in [1.82, 2.24) is 4.98 Å². The molecule has 1 unspecified atom stereocenters. The highest BCUT2D eigenvalue weighted by molar-refractivity contribution is 5.91. The molecule has 2 aromatic rings. The van der Waals surface area contributed by atoms with Gasteiger partial charge in [-0.05, 0) is 56.5 Å². The minimum absolute atomic E-state index is 0.250. The van der Waals surface area contributed by atoms with Gasteiger partial charge in [0.25, 0.3) is 0 Å². The van der Waals surface area contributed by atoms with Crippen LogP contribution in [0.5, 0.6) is 0 Å². The molecule has 0 saturated carbocycles. The summed E-state index contributed by atoms with van der Waals surface area (Å²) in [6.45, 7) is 5.71. The Kier molecular flexibility index (Phi) is 10.8. The number of aryl methyl sites for hydroxylation is 1. The number of carbonyl (C=O) groups excluding carboxylic acids is 2. The molecule has 0 aliphatic carbocycles. The smallest absolute Gasteiger partial charge is 0.347 e. The van der Waals surface area contributed by atoms with Gasteiger partial charge in [-0.25, -0.2) is 9.59 Å². The summed E-state index contributed by atoms with van der Waals surface area (Å²) in [7, 11) is 0. The average molecular weight is 426 g/mol. The fraction of sp³-hybridized carbons (Fsp3) is 0.500. The Hall–Kier alpha value is -2.69. The van der Waals surface area contributed by atoms with Crippen LogP contribution in [0.2, 0.25) is 0 Å². The van der Waals surface area contributed by atoms with Gasteiger partial charge < -0.3 is 9.47 Å². The second-order valence-corrected chi connectivity index (χ2v) is 7.80. The highest BCUT2D eigenvalue weighted by atomic mass is 16.6. The summed E-state index contributed by atoms with van der Waals surface area (Å²) in [5.41, 5.74) is 3.50. The minimum Gasteiger partial charge on any atom is -0.463 e. The number of ether oxygens (including phenoxy) is 2. The third kappa shape index (κ3) is 8.52. The third-order valence-corrected chi connectivity index (χ3v) is 5.21. The van der Waals surface area contributed by atoms with Crippen molar-refractivity contribution in [3.05, 3.63) is 53.7 Å². The number of nitrogens with zero attached hydrogens (tertiary/aromatic N) is 1. The third-order valence-electron chi connectivity index (χ3n) is 5.21. The van der Waals surface area contributed by atoms with Crippen molar-refractivity contribution >= 4 is 11.9 Å². The molecule has 0 aliphatic heterocycles. The first kappa shape index (κ1) is 24.6. The highest BCUT2D eigenvalue weighted by Crippen LogP contribution is 2.20. The van der Waals surface area contributed by atoms with Gasteiger partial charge in [0.2, 0.25) is 0 Å². The molecule has 0 amide bonds. The van der Waals surface area contributed by atoms with E-state index < -0.39 is 18.0 Å². The van der Waals surface area contributed by atoms with Crippen LogP contribution in [0.25, 0.3) is 11.3 Å². The SMILES string of the molecule is CCCCCCCCCc1ccnc(-c2ccc(C(=O)OC(C)C(=O)OCC)cc2)c1. The van der Waals surface area contributed by atoms with Crippen LogP contribution in [0.3, 0.4) is 0 Å². The Morgan fingerprint density at radius 3 is 2.29 bits per heavy atom. The van der Waals surface area contributed by atoms with Gasteiger partial charge in [0.05, 0.1) is 17.9 Å². The molecular formula is C26H35NO4. The summed E-state index contributed by atoms with van der Waals surface area (Å²) in [6.07, 6.45) is 11.0. The number of esters is 2. The molecule has 31 heavy (non-hydrogen) atoms. The fourth-order valence-corrected chi connectivity index (χ4v) is 3.39. The number of unbranched alkanes of at least 4 members (excludes halogenated alkanes) is 6. The Bertz CT molecular complexity index is 816. The quantitative estimate of drug-likeness (QED) is 0.284. The Balaban J connectivity index is 1.88. The van der Waals surface area contributed by atoms with Crippen LogP contribution in [0, 0.1) is 0 Å². The number of rotatable bonds is 13. The van der Waals surface area contributed by atoms with Crippen molar-refractivity contribution in [2.75, 3.05) is 6.61 Å². The molecule has 0 aliphatic rings. The normalized spacial score (nSPS) is 11.7. The van der Waals surface area contributed by atoms with E-state index in [0.29, 0.717) is 5.56 Å². The molecule has 1 aromatic heterocycles.